The zero-order valence-corrected chi connectivity index (χ0v) is 38.6. The lowest BCUT2D eigenvalue weighted by molar-refractivity contribution is -0.154. The fraction of sp³-hybridized carbons (Fsp3) is 0.135. The zero-order chi connectivity index (χ0) is 44.6. The van der Waals surface area contributed by atoms with Crippen LogP contribution in [0.1, 0.15) is 45.2 Å². The van der Waals surface area contributed by atoms with Crippen LogP contribution in [0.25, 0.3) is 0 Å². The number of benzene rings is 6. The summed E-state index contributed by atoms with van der Waals surface area (Å²) in [6, 6.07) is 58.1. The number of hydrogen-bond acceptors (Lipinski definition) is 10. The summed E-state index contributed by atoms with van der Waals surface area (Å²) in [5, 5.41) is 12.8. The first-order valence-corrected chi connectivity index (χ1v) is 24.4. The van der Waals surface area contributed by atoms with Crippen LogP contribution in [0.2, 0.25) is 0 Å². The number of ether oxygens (including phenoxy) is 1. The number of nitrogens with zero attached hydrogens (tertiary/aromatic N) is 3. The summed E-state index contributed by atoms with van der Waals surface area (Å²) in [6.07, 6.45) is -0.696. The molecule has 2 atom stereocenters. The number of aromatic nitrogens is 1. The summed E-state index contributed by atoms with van der Waals surface area (Å²) in [5.41, 5.74) is 5.72. The number of esters is 1. The predicted molar refractivity (Wildman–Crippen MR) is 264 cm³/mol. The molecular formula is C52H42IN5O5S2. The van der Waals surface area contributed by atoms with Crippen LogP contribution < -0.4 is 10.6 Å². The van der Waals surface area contributed by atoms with E-state index in [1.54, 1.807) is 5.38 Å². The summed E-state index contributed by atoms with van der Waals surface area (Å²) >= 11 is 5.02. The van der Waals surface area contributed by atoms with Gasteiger partial charge in [-0.05, 0) is 39.0 Å². The van der Waals surface area contributed by atoms with E-state index >= 15 is 0 Å². The van der Waals surface area contributed by atoms with Crippen LogP contribution in [0, 0.1) is 0 Å². The average Bonchev–Trinajstić information content (AvgIpc) is 3.84. The summed E-state index contributed by atoms with van der Waals surface area (Å²) < 4.78 is 6.78. The van der Waals surface area contributed by atoms with Gasteiger partial charge in [0, 0.05) is 15.6 Å². The molecule has 0 radical (unpaired) electrons. The van der Waals surface area contributed by atoms with E-state index in [1.807, 2.05) is 146 Å². The predicted octanol–water partition coefficient (Wildman–Crippen LogP) is 9.89. The number of oxime groups is 1. The van der Waals surface area contributed by atoms with Crippen molar-refractivity contribution in [2.24, 2.45) is 5.16 Å². The highest BCUT2D eigenvalue weighted by atomic mass is 127. The largest absolute Gasteiger partial charge is 0.448 e. The first-order chi connectivity index (χ1) is 31.9. The molecule has 0 aliphatic carbocycles. The number of halogens is 1. The average molecular weight is 1010 g/mol. The highest BCUT2D eigenvalue weighted by Crippen LogP contribution is 2.43. The number of hydrogen-bond donors (Lipinski definition) is 2. The van der Waals surface area contributed by atoms with Crippen LogP contribution in [0.5, 0.6) is 0 Å². The third kappa shape index (κ3) is 9.22. The molecule has 10 nitrogen and oxygen atoms in total. The molecule has 2 aliphatic heterocycles. The molecule has 9 rings (SSSR count). The molecule has 2 amide bonds. The van der Waals surface area contributed by atoms with Gasteiger partial charge in [-0.1, -0.05) is 210 Å². The summed E-state index contributed by atoms with van der Waals surface area (Å²) in [6.45, 7) is 0.100. The van der Waals surface area contributed by atoms with Crippen molar-refractivity contribution in [3.63, 3.8) is 0 Å². The van der Waals surface area contributed by atoms with Crippen molar-refractivity contribution in [3.8, 4) is 0 Å². The summed E-state index contributed by atoms with van der Waals surface area (Å²) in [5.74, 6) is -1.20. The van der Waals surface area contributed by atoms with E-state index in [9.17, 15) is 14.4 Å². The first-order valence-electron chi connectivity index (χ1n) is 20.9. The van der Waals surface area contributed by atoms with Crippen molar-refractivity contribution in [1.82, 2.24) is 15.2 Å². The fourth-order valence-corrected chi connectivity index (χ4v) is 11.2. The number of nitrogens with one attached hydrogen (secondary N) is 2. The van der Waals surface area contributed by atoms with Gasteiger partial charge in [0.1, 0.15) is 35.0 Å². The van der Waals surface area contributed by atoms with Gasteiger partial charge in [0.05, 0.1) is 0 Å². The Hall–Kier alpha value is -6.55. The lowest BCUT2D eigenvalue weighted by atomic mass is 9.77. The lowest BCUT2D eigenvalue weighted by Crippen LogP contribution is -2.71. The molecule has 3 heterocycles. The number of β-lactam (4-membered cyclic amide) rings is 1. The molecule has 7 aromatic rings. The number of rotatable bonds is 16. The van der Waals surface area contributed by atoms with Crippen LogP contribution >= 0.6 is 45.7 Å². The van der Waals surface area contributed by atoms with Crippen molar-refractivity contribution in [1.29, 1.82) is 0 Å². The topological polar surface area (TPSA) is 122 Å². The molecule has 2 N–H and O–H groups in total. The molecule has 13 heteroatoms. The Morgan fingerprint density at radius 2 is 1.26 bits per heavy atom. The Labute approximate surface area is 398 Å². The molecule has 2 aliphatic rings. The van der Waals surface area contributed by atoms with E-state index < -0.39 is 40.8 Å². The number of fused-ring (bicyclic) bond motifs is 1. The Balaban J connectivity index is 0.999. The Kier molecular flexibility index (Phi) is 13.5. The molecular weight excluding hydrogens is 966 g/mol. The molecule has 0 spiro atoms. The van der Waals surface area contributed by atoms with Crippen molar-refractivity contribution in [2.75, 3.05) is 15.5 Å². The van der Waals surface area contributed by atoms with E-state index in [2.05, 4.69) is 74.8 Å². The van der Waals surface area contributed by atoms with Crippen LogP contribution in [0.4, 0.5) is 5.13 Å². The number of carbonyl (C=O) groups excluding carboxylic acids is 3. The lowest BCUT2D eigenvalue weighted by Gasteiger charge is -2.49. The molecule has 324 valence electrons. The number of thioether (sulfide) groups is 1. The second-order valence-corrected chi connectivity index (χ2v) is 18.0. The van der Waals surface area contributed by atoms with E-state index in [-0.39, 0.29) is 23.7 Å². The van der Waals surface area contributed by atoms with Crippen LogP contribution in [-0.2, 0) is 36.1 Å². The molecule has 0 bridgehead atoms. The molecule has 6 aromatic carbocycles. The van der Waals surface area contributed by atoms with Gasteiger partial charge in [-0.15, -0.1) is 23.1 Å². The van der Waals surface area contributed by atoms with Gasteiger partial charge in [-0.3, -0.25) is 14.5 Å². The van der Waals surface area contributed by atoms with Crippen LogP contribution in [0.15, 0.2) is 204 Å². The minimum atomic E-state index is -0.956. The quantitative estimate of drug-likeness (QED) is 0.0187. The van der Waals surface area contributed by atoms with Gasteiger partial charge >= 0.3 is 5.97 Å². The SMILES string of the molecule is O=C(N[C@@H]1C(=O)N2C(C(=O)OC(c3ccccc3)c3ccccc3)=C(CI)CS[C@H]12)C(=NOCc1ccccc1)c1csc(NC(c2ccccc2)(c2ccccc2)c2ccccc2)n1. The second-order valence-electron chi connectivity index (χ2n) is 15.3. The van der Waals surface area contributed by atoms with Crippen molar-refractivity contribution in [2.45, 2.75) is 29.7 Å². The molecule has 0 unspecified atom stereocenters. The second kappa shape index (κ2) is 20.1. The minimum Gasteiger partial charge on any atom is -0.448 e. The first kappa shape index (κ1) is 43.7. The van der Waals surface area contributed by atoms with E-state index in [1.165, 1.54) is 28.0 Å². The third-order valence-electron chi connectivity index (χ3n) is 11.2. The smallest absolute Gasteiger partial charge is 0.356 e. The van der Waals surface area contributed by atoms with Gasteiger partial charge < -0.3 is 20.2 Å². The highest BCUT2D eigenvalue weighted by molar-refractivity contribution is 14.1. The maximum absolute atomic E-state index is 14.5. The summed E-state index contributed by atoms with van der Waals surface area (Å²) in [4.78, 5) is 55.2. The van der Waals surface area contributed by atoms with Gasteiger partial charge in [0.15, 0.2) is 16.9 Å². The number of alkyl halides is 1. The standard InChI is InChI=1S/C52H42IN5O5S2/c53-31-38-33-64-49-44(48(60)58(49)45(38)50(61)63-46(36-21-9-2-10-22-36)37-23-11-3-12-24-37)55-47(59)43(57-62-32-35-19-7-1-8-20-35)42-34-65-51(54-42)56-52(39-25-13-4-14-26-39,40-27-15-5-16-28-40)41-29-17-6-18-30-41/h1-30,34,44,46,49H,31-33H2,(H,54,56)(H,55,59)/t44-,49-/m1/s1. The van der Waals surface area contributed by atoms with Crippen molar-refractivity contribution in [3.05, 3.63) is 238 Å². The van der Waals surface area contributed by atoms with Crippen molar-refractivity contribution < 1.29 is 24.0 Å². The van der Waals surface area contributed by atoms with Gasteiger partial charge in [0.25, 0.3) is 11.8 Å². The number of carbonyl (C=O) groups is 3. The Bertz CT molecular complexity index is 2680. The molecule has 65 heavy (non-hydrogen) atoms. The maximum atomic E-state index is 14.5. The molecule has 1 saturated heterocycles. The molecule has 0 saturated carbocycles. The maximum Gasteiger partial charge on any atom is 0.356 e. The number of amides is 2. The Morgan fingerprint density at radius 1 is 0.754 bits per heavy atom. The van der Waals surface area contributed by atoms with E-state index in [4.69, 9.17) is 14.6 Å². The van der Waals surface area contributed by atoms with E-state index in [0.717, 1.165) is 39.0 Å². The number of thiazole rings is 1. The van der Waals surface area contributed by atoms with Crippen LogP contribution in [0.3, 0.4) is 0 Å². The molecule has 1 aromatic heterocycles. The zero-order valence-electron chi connectivity index (χ0n) is 34.8. The fourth-order valence-electron chi connectivity index (χ4n) is 8.06. The van der Waals surface area contributed by atoms with Gasteiger partial charge in [-0.2, -0.15) is 0 Å². The van der Waals surface area contributed by atoms with Crippen molar-refractivity contribution >= 4 is 74.3 Å². The van der Waals surface area contributed by atoms with Gasteiger partial charge in [0.2, 0.25) is 0 Å². The normalized spacial score (nSPS) is 16.1. The van der Waals surface area contributed by atoms with Crippen LogP contribution in [-0.4, -0.2) is 55.0 Å². The highest BCUT2D eigenvalue weighted by Gasteiger charge is 2.55. The third-order valence-corrected chi connectivity index (χ3v) is 14.2. The van der Waals surface area contributed by atoms with E-state index in [0.29, 0.717) is 15.3 Å². The minimum absolute atomic E-state index is 0.0984. The Morgan fingerprint density at radius 3 is 1.78 bits per heavy atom. The molecule has 1 fully saturated rings. The number of anilines is 1. The van der Waals surface area contributed by atoms with Gasteiger partial charge in [-0.25, -0.2) is 9.78 Å². The monoisotopic (exact) mass is 1010 g/mol. The summed E-state index contributed by atoms with van der Waals surface area (Å²) in [7, 11) is 0.